The Bertz CT molecular complexity index is 1240. The van der Waals surface area contributed by atoms with Gasteiger partial charge in [-0.1, -0.05) is 37.6 Å². The first-order chi connectivity index (χ1) is 15.6. The van der Waals surface area contributed by atoms with Gasteiger partial charge in [-0.15, -0.1) is 10.2 Å². The van der Waals surface area contributed by atoms with Gasteiger partial charge in [0.15, 0.2) is 5.11 Å². The largest absolute Gasteiger partial charge is 0.494 e. The molecule has 2 N–H and O–H groups in total. The molecule has 7 nitrogen and oxygen atoms in total. The quantitative estimate of drug-likeness (QED) is 0.316. The van der Waals surface area contributed by atoms with Crippen LogP contribution < -0.4 is 15.4 Å². The summed E-state index contributed by atoms with van der Waals surface area (Å²) < 4.78 is 5.67. The number of fused-ring (bicyclic) bond motifs is 1. The summed E-state index contributed by atoms with van der Waals surface area (Å²) in [6.45, 7) is 2.73. The van der Waals surface area contributed by atoms with Gasteiger partial charge in [-0.2, -0.15) is 4.80 Å². The number of hydrogen-bond donors (Lipinski definition) is 2. The SMILES string of the molecule is CCCCOc1cccc(C(=O)NC(=S)Nc2ccc3nn(-c4ccccc4)nc3c2)c1. The van der Waals surface area contributed by atoms with Crippen LogP contribution in [0.1, 0.15) is 30.1 Å². The molecule has 1 amide bonds. The number of benzene rings is 3. The zero-order valence-corrected chi connectivity index (χ0v) is 18.4. The first-order valence-electron chi connectivity index (χ1n) is 10.4. The van der Waals surface area contributed by atoms with Crippen molar-refractivity contribution in [2.45, 2.75) is 19.8 Å². The number of aromatic nitrogens is 3. The lowest BCUT2D eigenvalue weighted by Crippen LogP contribution is -2.34. The normalized spacial score (nSPS) is 10.7. The van der Waals surface area contributed by atoms with E-state index in [0.717, 1.165) is 24.0 Å². The predicted molar refractivity (Wildman–Crippen MR) is 129 cm³/mol. The van der Waals surface area contributed by atoms with Gasteiger partial charge in [-0.05, 0) is 67.2 Å². The summed E-state index contributed by atoms with van der Waals surface area (Å²) >= 11 is 5.32. The van der Waals surface area contributed by atoms with Crippen molar-refractivity contribution in [1.29, 1.82) is 0 Å². The van der Waals surface area contributed by atoms with E-state index in [-0.39, 0.29) is 11.0 Å². The van der Waals surface area contributed by atoms with E-state index in [1.165, 1.54) is 0 Å². The van der Waals surface area contributed by atoms with Crippen LogP contribution in [0.2, 0.25) is 0 Å². The lowest BCUT2D eigenvalue weighted by atomic mass is 10.2. The molecule has 0 radical (unpaired) electrons. The Morgan fingerprint density at radius 2 is 1.81 bits per heavy atom. The van der Waals surface area contributed by atoms with Crippen LogP contribution in [-0.2, 0) is 0 Å². The second-order valence-electron chi connectivity index (χ2n) is 7.17. The fraction of sp³-hybridized carbons (Fsp3) is 0.167. The lowest BCUT2D eigenvalue weighted by Gasteiger charge is -2.10. The highest BCUT2D eigenvalue weighted by atomic mass is 32.1. The van der Waals surface area contributed by atoms with Gasteiger partial charge in [0.25, 0.3) is 5.91 Å². The van der Waals surface area contributed by atoms with E-state index in [9.17, 15) is 4.79 Å². The van der Waals surface area contributed by atoms with Crippen LogP contribution >= 0.6 is 12.2 Å². The van der Waals surface area contributed by atoms with Gasteiger partial charge in [-0.25, -0.2) is 0 Å². The average molecular weight is 446 g/mol. The van der Waals surface area contributed by atoms with E-state index in [2.05, 4.69) is 27.8 Å². The number of thiocarbonyl (C=S) groups is 1. The van der Waals surface area contributed by atoms with Gasteiger partial charge in [0.2, 0.25) is 0 Å². The summed E-state index contributed by atoms with van der Waals surface area (Å²) in [4.78, 5) is 14.2. The van der Waals surface area contributed by atoms with E-state index in [4.69, 9.17) is 17.0 Å². The molecule has 0 bridgehead atoms. The molecule has 0 aliphatic carbocycles. The lowest BCUT2D eigenvalue weighted by molar-refractivity contribution is 0.0977. The number of anilines is 1. The number of amides is 1. The Labute approximate surface area is 191 Å². The number of carbonyl (C=O) groups is 1. The fourth-order valence-electron chi connectivity index (χ4n) is 3.07. The van der Waals surface area contributed by atoms with Gasteiger partial charge in [0.1, 0.15) is 16.8 Å². The van der Waals surface area contributed by atoms with E-state index < -0.39 is 0 Å². The number of rotatable bonds is 7. The third kappa shape index (κ3) is 5.28. The van der Waals surface area contributed by atoms with Crippen LogP contribution in [0.25, 0.3) is 16.7 Å². The second-order valence-corrected chi connectivity index (χ2v) is 7.57. The highest BCUT2D eigenvalue weighted by Gasteiger charge is 2.11. The molecule has 3 aromatic carbocycles. The highest BCUT2D eigenvalue weighted by Crippen LogP contribution is 2.18. The number of carbonyl (C=O) groups excluding carboxylic acids is 1. The third-order valence-electron chi connectivity index (χ3n) is 4.72. The number of nitrogens with zero attached hydrogens (tertiary/aromatic N) is 3. The molecule has 0 fully saturated rings. The second kappa shape index (κ2) is 10.0. The third-order valence-corrected chi connectivity index (χ3v) is 4.92. The first-order valence-corrected chi connectivity index (χ1v) is 10.8. The van der Waals surface area contributed by atoms with Crippen LogP contribution in [0, 0.1) is 0 Å². The van der Waals surface area contributed by atoms with Crippen molar-refractivity contribution in [3.8, 4) is 11.4 Å². The van der Waals surface area contributed by atoms with Crippen molar-refractivity contribution in [3.63, 3.8) is 0 Å². The molecular formula is C24H23N5O2S. The molecule has 1 heterocycles. The highest BCUT2D eigenvalue weighted by molar-refractivity contribution is 7.80. The smallest absolute Gasteiger partial charge is 0.257 e. The van der Waals surface area contributed by atoms with Crippen molar-refractivity contribution >= 4 is 40.0 Å². The molecule has 0 saturated heterocycles. The molecule has 0 saturated carbocycles. The van der Waals surface area contributed by atoms with Gasteiger partial charge in [0, 0.05) is 11.3 Å². The molecule has 8 heteroatoms. The zero-order valence-electron chi connectivity index (χ0n) is 17.6. The maximum Gasteiger partial charge on any atom is 0.257 e. The molecule has 162 valence electrons. The molecule has 0 aliphatic rings. The summed E-state index contributed by atoms with van der Waals surface area (Å²) in [7, 11) is 0. The van der Waals surface area contributed by atoms with Crippen molar-refractivity contribution < 1.29 is 9.53 Å². The Morgan fingerprint density at radius 3 is 2.62 bits per heavy atom. The Balaban J connectivity index is 1.40. The van der Waals surface area contributed by atoms with Crippen LogP contribution in [0.3, 0.4) is 0 Å². The first kappa shape index (κ1) is 21.5. The predicted octanol–water partition coefficient (Wildman–Crippen LogP) is 4.73. The summed E-state index contributed by atoms with van der Waals surface area (Å²) in [6.07, 6.45) is 2.02. The Kier molecular flexibility index (Phi) is 6.72. The summed E-state index contributed by atoms with van der Waals surface area (Å²) in [5.74, 6) is 0.358. The number of hydrogen-bond acceptors (Lipinski definition) is 5. The van der Waals surface area contributed by atoms with E-state index in [1.807, 2.05) is 54.6 Å². The molecule has 32 heavy (non-hydrogen) atoms. The fourth-order valence-corrected chi connectivity index (χ4v) is 3.28. The minimum absolute atomic E-state index is 0.196. The Hall–Kier alpha value is -3.78. The summed E-state index contributed by atoms with van der Waals surface area (Å²) in [5.41, 5.74) is 3.53. The summed E-state index contributed by atoms with van der Waals surface area (Å²) in [6, 6.07) is 22.3. The molecule has 0 spiro atoms. The van der Waals surface area contributed by atoms with Gasteiger partial charge in [0.05, 0.1) is 12.3 Å². The van der Waals surface area contributed by atoms with E-state index in [0.29, 0.717) is 29.1 Å². The van der Waals surface area contributed by atoms with Crippen molar-refractivity contribution in [2.24, 2.45) is 0 Å². The molecule has 0 atom stereocenters. The topological polar surface area (TPSA) is 81.1 Å². The molecule has 1 aromatic heterocycles. The van der Waals surface area contributed by atoms with E-state index in [1.54, 1.807) is 23.0 Å². The maximum atomic E-state index is 12.6. The maximum absolute atomic E-state index is 12.6. The van der Waals surface area contributed by atoms with Crippen molar-refractivity contribution in [3.05, 3.63) is 78.4 Å². The number of unbranched alkanes of at least 4 members (excludes halogenated alkanes) is 1. The molecular weight excluding hydrogens is 422 g/mol. The Morgan fingerprint density at radius 1 is 1.00 bits per heavy atom. The molecule has 4 rings (SSSR count). The van der Waals surface area contributed by atoms with Crippen LogP contribution in [-0.4, -0.2) is 32.6 Å². The van der Waals surface area contributed by atoms with Gasteiger partial charge in [-0.3, -0.25) is 10.1 Å². The minimum atomic E-state index is -0.306. The standard InChI is InChI=1S/C24H23N5O2S/c1-2-3-14-31-20-11-7-8-17(15-20)23(30)26-24(32)25-18-12-13-21-22(16-18)28-29(27-21)19-9-5-4-6-10-19/h4-13,15-16H,2-3,14H2,1H3,(H2,25,26,30,32). The average Bonchev–Trinajstić information content (AvgIpc) is 3.23. The summed E-state index contributed by atoms with van der Waals surface area (Å²) in [5, 5.41) is 14.9. The molecule has 0 aliphatic heterocycles. The van der Waals surface area contributed by atoms with Crippen LogP contribution in [0.15, 0.2) is 72.8 Å². The number of nitrogens with one attached hydrogen (secondary N) is 2. The minimum Gasteiger partial charge on any atom is -0.494 e. The van der Waals surface area contributed by atoms with Crippen molar-refractivity contribution in [2.75, 3.05) is 11.9 Å². The van der Waals surface area contributed by atoms with Crippen LogP contribution in [0.5, 0.6) is 5.75 Å². The number of ether oxygens (including phenoxy) is 1. The zero-order chi connectivity index (χ0) is 22.3. The monoisotopic (exact) mass is 445 g/mol. The van der Waals surface area contributed by atoms with Gasteiger partial charge >= 0.3 is 0 Å². The van der Waals surface area contributed by atoms with E-state index >= 15 is 0 Å². The molecule has 0 unspecified atom stereocenters. The van der Waals surface area contributed by atoms with Crippen molar-refractivity contribution in [1.82, 2.24) is 20.3 Å². The number of para-hydroxylation sites is 1. The molecule has 4 aromatic rings. The van der Waals surface area contributed by atoms with Gasteiger partial charge < -0.3 is 10.1 Å². The van der Waals surface area contributed by atoms with Crippen LogP contribution in [0.4, 0.5) is 5.69 Å².